The maximum atomic E-state index is 12.3. The Balaban J connectivity index is 1.56. The van der Waals surface area contributed by atoms with Gasteiger partial charge < -0.3 is 9.72 Å². The third-order valence-corrected chi connectivity index (χ3v) is 4.29. The molecule has 0 amide bonds. The van der Waals surface area contributed by atoms with Crippen LogP contribution in [0, 0.1) is 6.92 Å². The standard InChI is InChI=1S/C21H21NO3/c1-14-7-9-16(10-8-14)21(24)15(2)25-20(23)12-11-17-13-22-19-6-4-3-5-18(17)19/h3-10,13,15,22H,11-12H2,1-2H3/t15-/m0/s1. The van der Waals surface area contributed by atoms with Gasteiger partial charge in [0.05, 0.1) is 0 Å². The lowest BCUT2D eigenvalue weighted by Gasteiger charge is -2.12. The average Bonchev–Trinajstić information content (AvgIpc) is 3.03. The molecule has 3 aromatic rings. The SMILES string of the molecule is Cc1ccc(C(=O)[C@H](C)OC(=O)CCc2c[nH]c3ccccc23)cc1. The Morgan fingerprint density at radius 2 is 1.80 bits per heavy atom. The van der Waals surface area contributed by atoms with E-state index in [9.17, 15) is 9.59 Å². The summed E-state index contributed by atoms with van der Waals surface area (Å²) in [7, 11) is 0. The van der Waals surface area contributed by atoms with Gasteiger partial charge in [0.25, 0.3) is 0 Å². The van der Waals surface area contributed by atoms with Crippen LogP contribution in [0.4, 0.5) is 0 Å². The number of nitrogens with one attached hydrogen (secondary N) is 1. The lowest BCUT2D eigenvalue weighted by atomic mass is 10.1. The number of carbonyl (C=O) groups is 2. The minimum Gasteiger partial charge on any atom is -0.454 e. The maximum absolute atomic E-state index is 12.3. The number of para-hydroxylation sites is 1. The van der Waals surface area contributed by atoms with Gasteiger partial charge in [0.1, 0.15) is 0 Å². The van der Waals surface area contributed by atoms with Gasteiger partial charge in [-0.25, -0.2) is 0 Å². The van der Waals surface area contributed by atoms with E-state index in [1.165, 1.54) is 0 Å². The largest absolute Gasteiger partial charge is 0.454 e. The first-order valence-corrected chi connectivity index (χ1v) is 8.40. The summed E-state index contributed by atoms with van der Waals surface area (Å²) < 4.78 is 5.31. The molecule has 25 heavy (non-hydrogen) atoms. The summed E-state index contributed by atoms with van der Waals surface area (Å²) in [6, 6.07) is 15.2. The number of Topliss-reactive ketones (excluding diaryl/α,β-unsaturated/α-hetero) is 1. The topological polar surface area (TPSA) is 59.2 Å². The van der Waals surface area contributed by atoms with E-state index in [1.54, 1.807) is 19.1 Å². The van der Waals surface area contributed by atoms with Gasteiger partial charge in [-0.2, -0.15) is 0 Å². The van der Waals surface area contributed by atoms with Crippen LogP contribution in [0.5, 0.6) is 0 Å². The van der Waals surface area contributed by atoms with E-state index in [1.807, 2.05) is 49.5 Å². The second-order valence-corrected chi connectivity index (χ2v) is 6.22. The average molecular weight is 335 g/mol. The molecule has 1 N–H and O–H groups in total. The molecule has 0 aliphatic rings. The normalized spacial score (nSPS) is 12.1. The molecule has 0 spiro atoms. The minimum absolute atomic E-state index is 0.180. The first kappa shape index (κ1) is 17.0. The zero-order chi connectivity index (χ0) is 17.8. The number of fused-ring (bicyclic) bond motifs is 1. The van der Waals surface area contributed by atoms with Crippen molar-refractivity contribution >= 4 is 22.7 Å². The monoisotopic (exact) mass is 335 g/mol. The number of rotatable bonds is 6. The third kappa shape index (κ3) is 3.97. The molecule has 1 heterocycles. The fourth-order valence-corrected chi connectivity index (χ4v) is 2.84. The van der Waals surface area contributed by atoms with Crippen LogP contribution in [0.2, 0.25) is 0 Å². The first-order chi connectivity index (χ1) is 12.0. The number of H-pyrrole nitrogens is 1. The summed E-state index contributed by atoms with van der Waals surface area (Å²) in [4.78, 5) is 27.6. The molecule has 0 saturated carbocycles. The van der Waals surface area contributed by atoms with Gasteiger partial charge in [-0.05, 0) is 31.9 Å². The van der Waals surface area contributed by atoms with Crippen LogP contribution < -0.4 is 0 Å². The van der Waals surface area contributed by atoms with Crippen LogP contribution >= 0.6 is 0 Å². The van der Waals surface area contributed by atoms with Crippen LogP contribution in [0.1, 0.15) is 34.8 Å². The van der Waals surface area contributed by atoms with E-state index in [4.69, 9.17) is 4.74 Å². The molecule has 1 atom stereocenters. The molecule has 4 nitrogen and oxygen atoms in total. The molecule has 3 rings (SSSR count). The number of aromatic amines is 1. The van der Waals surface area contributed by atoms with Gasteiger partial charge in [0.2, 0.25) is 5.78 Å². The molecule has 0 unspecified atom stereocenters. The van der Waals surface area contributed by atoms with E-state index in [2.05, 4.69) is 4.98 Å². The number of carbonyl (C=O) groups excluding carboxylic acids is 2. The fourth-order valence-electron chi connectivity index (χ4n) is 2.84. The van der Waals surface area contributed by atoms with Crippen LogP contribution in [-0.2, 0) is 16.0 Å². The van der Waals surface area contributed by atoms with Crippen molar-refractivity contribution < 1.29 is 14.3 Å². The quantitative estimate of drug-likeness (QED) is 0.542. The summed E-state index contributed by atoms with van der Waals surface area (Å²) >= 11 is 0. The zero-order valence-corrected chi connectivity index (χ0v) is 14.4. The summed E-state index contributed by atoms with van der Waals surface area (Å²) in [5, 5.41) is 1.11. The molecule has 0 fully saturated rings. The number of esters is 1. The number of ether oxygens (including phenoxy) is 1. The number of hydrogen-bond donors (Lipinski definition) is 1. The molecule has 1 aromatic heterocycles. The molecule has 0 bridgehead atoms. The number of benzene rings is 2. The zero-order valence-electron chi connectivity index (χ0n) is 14.4. The van der Waals surface area contributed by atoms with Crippen molar-refractivity contribution in [2.24, 2.45) is 0 Å². The third-order valence-electron chi connectivity index (χ3n) is 4.29. The van der Waals surface area contributed by atoms with E-state index >= 15 is 0 Å². The smallest absolute Gasteiger partial charge is 0.306 e. The lowest BCUT2D eigenvalue weighted by Crippen LogP contribution is -2.24. The van der Waals surface area contributed by atoms with Crippen molar-refractivity contribution in [1.29, 1.82) is 0 Å². The Hall–Kier alpha value is -2.88. The molecule has 128 valence electrons. The molecule has 4 heteroatoms. The molecule has 0 aliphatic heterocycles. The first-order valence-electron chi connectivity index (χ1n) is 8.40. The molecule has 0 aliphatic carbocycles. The summed E-state index contributed by atoms with van der Waals surface area (Å²) in [6.45, 7) is 3.58. The maximum Gasteiger partial charge on any atom is 0.306 e. The van der Waals surface area contributed by atoms with E-state index in [-0.39, 0.29) is 18.2 Å². The second-order valence-electron chi connectivity index (χ2n) is 6.22. The van der Waals surface area contributed by atoms with Crippen molar-refractivity contribution in [2.45, 2.75) is 32.8 Å². The van der Waals surface area contributed by atoms with Gasteiger partial charge in [-0.15, -0.1) is 0 Å². The fraction of sp³-hybridized carbons (Fsp3) is 0.238. The van der Waals surface area contributed by atoms with E-state index in [0.29, 0.717) is 12.0 Å². The Morgan fingerprint density at radius 3 is 2.56 bits per heavy atom. The molecule has 0 radical (unpaired) electrons. The lowest BCUT2D eigenvalue weighted by molar-refractivity contribution is -0.146. The summed E-state index contributed by atoms with van der Waals surface area (Å²) in [5.74, 6) is -0.543. The summed E-state index contributed by atoms with van der Waals surface area (Å²) in [5.41, 5.74) is 3.77. The Kier molecular flexibility index (Phi) is 4.98. The van der Waals surface area contributed by atoms with Crippen molar-refractivity contribution in [3.8, 4) is 0 Å². The van der Waals surface area contributed by atoms with Crippen LogP contribution in [-0.4, -0.2) is 22.8 Å². The van der Waals surface area contributed by atoms with Crippen molar-refractivity contribution in [3.63, 3.8) is 0 Å². The van der Waals surface area contributed by atoms with Gasteiger partial charge in [0, 0.05) is 29.1 Å². The Morgan fingerprint density at radius 1 is 1.08 bits per heavy atom. The Bertz CT molecular complexity index is 893. The molecule has 2 aromatic carbocycles. The molecular weight excluding hydrogens is 314 g/mol. The highest BCUT2D eigenvalue weighted by Crippen LogP contribution is 2.19. The van der Waals surface area contributed by atoms with Crippen molar-refractivity contribution in [2.75, 3.05) is 0 Å². The highest BCUT2D eigenvalue weighted by molar-refractivity contribution is 6.00. The number of aromatic nitrogens is 1. The van der Waals surface area contributed by atoms with E-state index < -0.39 is 6.10 Å². The van der Waals surface area contributed by atoms with Gasteiger partial charge >= 0.3 is 5.97 Å². The van der Waals surface area contributed by atoms with Gasteiger partial charge in [-0.1, -0.05) is 48.0 Å². The summed E-state index contributed by atoms with van der Waals surface area (Å²) in [6.07, 6.45) is 1.96. The number of hydrogen-bond acceptors (Lipinski definition) is 3. The van der Waals surface area contributed by atoms with E-state index in [0.717, 1.165) is 22.0 Å². The molecular formula is C21H21NO3. The number of ketones is 1. The van der Waals surface area contributed by atoms with Gasteiger partial charge in [-0.3, -0.25) is 9.59 Å². The second kappa shape index (κ2) is 7.34. The van der Waals surface area contributed by atoms with Crippen molar-refractivity contribution in [3.05, 3.63) is 71.4 Å². The Labute approximate surface area is 146 Å². The number of aryl methyl sites for hydroxylation is 2. The molecule has 0 saturated heterocycles. The van der Waals surface area contributed by atoms with Crippen LogP contribution in [0.3, 0.4) is 0 Å². The predicted molar refractivity (Wildman–Crippen MR) is 97.7 cm³/mol. The highest BCUT2D eigenvalue weighted by atomic mass is 16.5. The van der Waals surface area contributed by atoms with Crippen LogP contribution in [0.15, 0.2) is 54.7 Å². The highest BCUT2D eigenvalue weighted by Gasteiger charge is 2.19. The predicted octanol–water partition coefficient (Wildman–Crippen LogP) is 4.22. The van der Waals surface area contributed by atoms with Crippen molar-refractivity contribution in [1.82, 2.24) is 4.98 Å². The van der Waals surface area contributed by atoms with Gasteiger partial charge in [0.15, 0.2) is 6.10 Å². The van der Waals surface area contributed by atoms with Crippen LogP contribution in [0.25, 0.3) is 10.9 Å². The minimum atomic E-state index is -0.779.